The summed E-state index contributed by atoms with van der Waals surface area (Å²) in [6.07, 6.45) is 2.07. The summed E-state index contributed by atoms with van der Waals surface area (Å²) in [5, 5.41) is 0. The minimum absolute atomic E-state index is 0.291. The van der Waals surface area contributed by atoms with E-state index in [1.165, 1.54) is 0 Å². The summed E-state index contributed by atoms with van der Waals surface area (Å²) in [5.74, 6) is 0.628. The molecular weight excluding hydrogens is 164 g/mol. The smallest absolute Gasteiger partial charge is 0.225 e. The summed E-state index contributed by atoms with van der Waals surface area (Å²) in [5.41, 5.74) is 0. The van der Waals surface area contributed by atoms with Gasteiger partial charge in [-0.3, -0.25) is 4.79 Å². The largest absolute Gasteiger partial charge is 0.345 e. The van der Waals surface area contributed by atoms with Crippen molar-refractivity contribution in [2.75, 3.05) is 33.7 Å². The number of hydrogen-bond donors (Lipinski definition) is 0. The van der Waals surface area contributed by atoms with Gasteiger partial charge in [-0.1, -0.05) is 6.92 Å². The zero-order valence-electron chi connectivity index (χ0n) is 8.92. The standard InChI is InChI=1S/C10H20N2O/c1-4-11(2)7-5-9-6-8-12(3)10(9)13/h9H,4-8H2,1-3H3. The fourth-order valence-corrected chi connectivity index (χ4v) is 1.70. The van der Waals surface area contributed by atoms with Crippen LogP contribution in [0.4, 0.5) is 0 Å². The highest BCUT2D eigenvalue weighted by Crippen LogP contribution is 2.19. The molecule has 1 unspecified atom stereocenters. The Morgan fingerprint density at radius 2 is 2.31 bits per heavy atom. The van der Waals surface area contributed by atoms with Gasteiger partial charge in [-0.15, -0.1) is 0 Å². The third kappa shape index (κ3) is 2.69. The van der Waals surface area contributed by atoms with Crippen molar-refractivity contribution in [1.29, 1.82) is 0 Å². The van der Waals surface area contributed by atoms with E-state index in [9.17, 15) is 4.79 Å². The Labute approximate surface area is 80.7 Å². The van der Waals surface area contributed by atoms with E-state index in [0.29, 0.717) is 11.8 Å². The van der Waals surface area contributed by atoms with Gasteiger partial charge in [0.15, 0.2) is 0 Å². The van der Waals surface area contributed by atoms with Crippen LogP contribution in [0.2, 0.25) is 0 Å². The van der Waals surface area contributed by atoms with Crippen LogP contribution in [-0.4, -0.2) is 49.4 Å². The van der Waals surface area contributed by atoms with Gasteiger partial charge < -0.3 is 9.80 Å². The van der Waals surface area contributed by atoms with Crippen LogP contribution in [0.5, 0.6) is 0 Å². The van der Waals surface area contributed by atoms with E-state index in [-0.39, 0.29) is 0 Å². The predicted octanol–water partition coefficient (Wildman–Crippen LogP) is 0.806. The molecule has 1 fully saturated rings. The lowest BCUT2D eigenvalue weighted by Crippen LogP contribution is -2.26. The number of likely N-dealkylation sites (tertiary alicyclic amines) is 1. The third-order valence-corrected chi connectivity index (χ3v) is 2.94. The Hall–Kier alpha value is -0.570. The molecule has 1 saturated heterocycles. The number of nitrogens with zero attached hydrogens (tertiary/aromatic N) is 2. The fourth-order valence-electron chi connectivity index (χ4n) is 1.70. The maximum Gasteiger partial charge on any atom is 0.225 e. The monoisotopic (exact) mass is 184 g/mol. The number of carbonyl (C=O) groups excluding carboxylic acids is 1. The van der Waals surface area contributed by atoms with Crippen LogP contribution in [0, 0.1) is 5.92 Å². The molecule has 1 aliphatic heterocycles. The second-order valence-corrected chi connectivity index (χ2v) is 3.93. The molecule has 1 amide bonds. The summed E-state index contributed by atoms with van der Waals surface area (Å²) in [6, 6.07) is 0. The van der Waals surface area contributed by atoms with Crippen molar-refractivity contribution in [2.45, 2.75) is 19.8 Å². The molecule has 0 spiro atoms. The topological polar surface area (TPSA) is 23.6 Å². The zero-order valence-corrected chi connectivity index (χ0v) is 8.92. The Morgan fingerprint density at radius 1 is 1.62 bits per heavy atom. The van der Waals surface area contributed by atoms with Crippen LogP contribution in [0.15, 0.2) is 0 Å². The molecule has 1 atom stereocenters. The quantitative estimate of drug-likeness (QED) is 0.645. The van der Waals surface area contributed by atoms with Gasteiger partial charge in [0.1, 0.15) is 0 Å². The van der Waals surface area contributed by atoms with Gasteiger partial charge in [-0.05, 0) is 33.0 Å². The normalized spacial score (nSPS) is 23.2. The van der Waals surface area contributed by atoms with Crippen molar-refractivity contribution < 1.29 is 4.79 Å². The van der Waals surface area contributed by atoms with Crippen molar-refractivity contribution >= 4 is 5.91 Å². The van der Waals surface area contributed by atoms with Crippen molar-refractivity contribution in [3.8, 4) is 0 Å². The number of hydrogen-bond acceptors (Lipinski definition) is 2. The average molecular weight is 184 g/mol. The zero-order chi connectivity index (χ0) is 9.84. The van der Waals surface area contributed by atoms with Crippen LogP contribution in [0.1, 0.15) is 19.8 Å². The molecule has 3 nitrogen and oxygen atoms in total. The summed E-state index contributed by atoms with van der Waals surface area (Å²) < 4.78 is 0. The molecule has 0 bridgehead atoms. The van der Waals surface area contributed by atoms with E-state index < -0.39 is 0 Å². The second-order valence-electron chi connectivity index (χ2n) is 3.93. The lowest BCUT2D eigenvalue weighted by atomic mass is 10.0. The van der Waals surface area contributed by atoms with E-state index in [2.05, 4.69) is 18.9 Å². The molecule has 0 aromatic carbocycles. The lowest BCUT2D eigenvalue weighted by molar-refractivity contribution is -0.130. The van der Waals surface area contributed by atoms with Crippen LogP contribution in [-0.2, 0) is 4.79 Å². The van der Waals surface area contributed by atoms with Crippen LogP contribution < -0.4 is 0 Å². The van der Waals surface area contributed by atoms with E-state index in [4.69, 9.17) is 0 Å². The van der Waals surface area contributed by atoms with Crippen molar-refractivity contribution in [3.63, 3.8) is 0 Å². The molecule has 0 radical (unpaired) electrons. The Morgan fingerprint density at radius 3 is 2.77 bits per heavy atom. The van der Waals surface area contributed by atoms with Crippen molar-refractivity contribution in [3.05, 3.63) is 0 Å². The fraction of sp³-hybridized carbons (Fsp3) is 0.900. The van der Waals surface area contributed by atoms with Crippen LogP contribution in [0.3, 0.4) is 0 Å². The van der Waals surface area contributed by atoms with Gasteiger partial charge in [0.2, 0.25) is 5.91 Å². The van der Waals surface area contributed by atoms with Crippen molar-refractivity contribution in [2.24, 2.45) is 5.92 Å². The predicted molar refractivity (Wildman–Crippen MR) is 53.5 cm³/mol. The summed E-state index contributed by atoms with van der Waals surface area (Å²) in [6.45, 7) is 5.19. The molecule has 3 heteroatoms. The van der Waals surface area contributed by atoms with Gasteiger partial charge in [0.05, 0.1) is 0 Å². The number of carbonyl (C=O) groups is 1. The lowest BCUT2D eigenvalue weighted by Gasteiger charge is -2.16. The Bertz CT molecular complexity index is 182. The highest BCUT2D eigenvalue weighted by Gasteiger charge is 2.28. The molecule has 0 N–H and O–H groups in total. The molecule has 0 saturated carbocycles. The van der Waals surface area contributed by atoms with E-state index >= 15 is 0 Å². The molecule has 1 aliphatic rings. The highest BCUT2D eigenvalue weighted by atomic mass is 16.2. The summed E-state index contributed by atoms with van der Waals surface area (Å²) in [7, 11) is 4.00. The molecule has 76 valence electrons. The average Bonchev–Trinajstić information content (AvgIpc) is 2.44. The first kappa shape index (κ1) is 10.5. The third-order valence-electron chi connectivity index (χ3n) is 2.94. The first-order valence-electron chi connectivity index (χ1n) is 5.08. The van der Waals surface area contributed by atoms with Gasteiger partial charge >= 0.3 is 0 Å². The minimum Gasteiger partial charge on any atom is -0.345 e. The second kappa shape index (κ2) is 4.61. The number of rotatable bonds is 4. The SMILES string of the molecule is CCN(C)CCC1CCN(C)C1=O. The molecule has 1 heterocycles. The van der Waals surface area contributed by atoms with Crippen molar-refractivity contribution in [1.82, 2.24) is 9.80 Å². The maximum atomic E-state index is 11.5. The minimum atomic E-state index is 0.291. The van der Waals surface area contributed by atoms with Gasteiger partial charge in [-0.25, -0.2) is 0 Å². The van der Waals surface area contributed by atoms with Gasteiger partial charge in [0.25, 0.3) is 0 Å². The summed E-state index contributed by atoms with van der Waals surface area (Å²) in [4.78, 5) is 15.6. The first-order valence-corrected chi connectivity index (χ1v) is 5.08. The maximum absolute atomic E-state index is 11.5. The molecule has 1 rings (SSSR count). The van der Waals surface area contributed by atoms with Crippen LogP contribution in [0.25, 0.3) is 0 Å². The Balaban J connectivity index is 2.26. The number of amides is 1. The molecule has 0 aromatic heterocycles. The first-order chi connectivity index (χ1) is 6.15. The highest BCUT2D eigenvalue weighted by molar-refractivity contribution is 5.80. The molecule has 0 aliphatic carbocycles. The molecule has 0 aromatic rings. The summed E-state index contributed by atoms with van der Waals surface area (Å²) >= 11 is 0. The molecule has 13 heavy (non-hydrogen) atoms. The molecular formula is C10H20N2O. The van der Waals surface area contributed by atoms with E-state index in [1.807, 2.05) is 11.9 Å². The van der Waals surface area contributed by atoms with E-state index in [0.717, 1.165) is 32.5 Å². The van der Waals surface area contributed by atoms with Gasteiger partial charge in [-0.2, -0.15) is 0 Å². The Kier molecular flexibility index (Phi) is 3.72. The van der Waals surface area contributed by atoms with Gasteiger partial charge in [0, 0.05) is 19.5 Å². The van der Waals surface area contributed by atoms with Crippen LogP contribution >= 0.6 is 0 Å². The van der Waals surface area contributed by atoms with E-state index in [1.54, 1.807) is 0 Å².